The third-order valence-electron chi connectivity index (χ3n) is 4.19. The minimum absolute atomic E-state index is 0.0288. The van der Waals surface area contributed by atoms with E-state index in [1.165, 1.54) is 17.0 Å². The molecule has 0 aliphatic heterocycles. The molecule has 0 spiro atoms. The summed E-state index contributed by atoms with van der Waals surface area (Å²) < 4.78 is 42.7. The predicted octanol–water partition coefficient (Wildman–Crippen LogP) is 3.09. The molecular weight excluding hydrogens is 323 g/mol. The topological polar surface area (TPSA) is 49.8 Å². The van der Waals surface area contributed by atoms with Crippen LogP contribution in [0, 0.1) is 5.92 Å². The van der Waals surface area contributed by atoms with E-state index in [1.54, 1.807) is 7.05 Å². The Bertz CT molecular complexity index is 539. The third-order valence-corrected chi connectivity index (χ3v) is 4.19. The molecule has 0 aromatic heterocycles. The Morgan fingerprint density at radius 2 is 1.88 bits per heavy atom. The number of carbonyl (C=O) groups excluding carboxylic acids is 1. The SMILES string of the molecule is CN(CC(O)COc1ccc(C(F)(F)F)cc1)C(=O)C1CCCC1. The molecule has 1 aromatic rings. The molecule has 1 amide bonds. The molecule has 2 rings (SSSR count). The molecule has 134 valence electrons. The molecule has 0 bridgehead atoms. The Hall–Kier alpha value is -1.76. The van der Waals surface area contributed by atoms with E-state index in [2.05, 4.69) is 0 Å². The van der Waals surface area contributed by atoms with Crippen molar-refractivity contribution < 1.29 is 27.8 Å². The summed E-state index contributed by atoms with van der Waals surface area (Å²) in [6, 6.07) is 4.28. The second-order valence-electron chi connectivity index (χ2n) is 6.19. The van der Waals surface area contributed by atoms with Crippen molar-refractivity contribution in [1.29, 1.82) is 0 Å². The molecule has 0 radical (unpaired) electrons. The van der Waals surface area contributed by atoms with Gasteiger partial charge in [-0.15, -0.1) is 0 Å². The Kier molecular flexibility index (Phi) is 6.10. The fraction of sp³-hybridized carbons (Fsp3) is 0.588. The van der Waals surface area contributed by atoms with Crippen molar-refractivity contribution in [3.63, 3.8) is 0 Å². The molecule has 1 unspecified atom stereocenters. The van der Waals surface area contributed by atoms with Crippen LogP contribution in [-0.4, -0.2) is 42.2 Å². The zero-order valence-electron chi connectivity index (χ0n) is 13.6. The lowest BCUT2D eigenvalue weighted by atomic mass is 10.1. The summed E-state index contributed by atoms with van der Waals surface area (Å²) in [4.78, 5) is 13.7. The van der Waals surface area contributed by atoms with Crippen LogP contribution in [0.4, 0.5) is 13.2 Å². The normalized spacial score (nSPS) is 16.9. The number of amides is 1. The number of nitrogens with zero attached hydrogens (tertiary/aromatic N) is 1. The maximum absolute atomic E-state index is 12.5. The van der Waals surface area contributed by atoms with Crippen molar-refractivity contribution >= 4 is 5.91 Å². The fourth-order valence-corrected chi connectivity index (χ4v) is 2.88. The molecule has 0 heterocycles. The summed E-state index contributed by atoms with van der Waals surface area (Å²) in [6.07, 6.45) is -1.39. The number of carbonyl (C=O) groups is 1. The first-order valence-corrected chi connectivity index (χ1v) is 8.00. The number of likely N-dealkylation sites (N-methyl/N-ethyl adjacent to an activating group) is 1. The second kappa shape index (κ2) is 7.88. The van der Waals surface area contributed by atoms with Crippen LogP contribution in [-0.2, 0) is 11.0 Å². The zero-order chi connectivity index (χ0) is 17.7. The molecule has 4 nitrogen and oxygen atoms in total. The van der Waals surface area contributed by atoms with Crippen molar-refractivity contribution in [2.45, 2.75) is 38.0 Å². The maximum Gasteiger partial charge on any atom is 0.416 e. The lowest BCUT2D eigenvalue weighted by Gasteiger charge is -2.23. The summed E-state index contributed by atoms with van der Waals surface area (Å²) in [5, 5.41) is 9.96. The lowest BCUT2D eigenvalue weighted by molar-refractivity contribution is -0.137. The van der Waals surface area contributed by atoms with Gasteiger partial charge in [-0.1, -0.05) is 12.8 Å². The van der Waals surface area contributed by atoms with Gasteiger partial charge >= 0.3 is 6.18 Å². The largest absolute Gasteiger partial charge is 0.491 e. The second-order valence-corrected chi connectivity index (χ2v) is 6.19. The van der Waals surface area contributed by atoms with Gasteiger partial charge in [0.05, 0.1) is 5.56 Å². The first-order chi connectivity index (χ1) is 11.3. The molecule has 1 aliphatic carbocycles. The van der Waals surface area contributed by atoms with E-state index >= 15 is 0 Å². The molecule has 1 aromatic carbocycles. The quantitative estimate of drug-likeness (QED) is 0.862. The number of hydrogen-bond donors (Lipinski definition) is 1. The average Bonchev–Trinajstić information content (AvgIpc) is 3.06. The van der Waals surface area contributed by atoms with Crippen LogP contribution < -0.4 is 4.74 Å². The fourth-order valence-electron chi connectivity index (χ4n) is 2.88. The number of ether oxygens (including phenoxy) is 1. The molecule has 1 fully saturated rings. The van der Waals surface area contributed by atoms with Gasteiger partial charge in [0.15, 0.2) is 0 Å². The number of hydrogen-bond acceptors (Lipinski definition) is 3. The molecule has 7 heteroatoms. The number of halogens is 3. The maximum atomic E-state index is 12.5. The van der Waals surface area contributed by atoms with Gasteiger partial charge in [0.1, 0.15) is 18.5 Å². The van der Waals surface area contributed by atoms with Crippen LogP contribution in [0.5, 0.6) is 5.75 Å². The van der Waals surface area contributed by atoms with E-state index in [9.17, 15) is 23.1 Å². The monoisotopic (exact) mass is 345 g/mol. The molecule has 1 atom stereocenters. The summed E-state index contributed by atoms with van der Waals surface area (Å²) in [5.74, 6) is 0.311. The number of aliphatic hydroxyl groups excluding tert-OH is 1. The van der Waals surface area contributed by atoms with Gasteiger partial charge in [-0.05, 0) is 37.1 Å². The Morgan fingerprint density at radius 3 is 2.42 bits per heavy atom. The highest BCUT2D eigenvalue weighted by atomic mass is 19.4. The van der Waals surface area contributed by atoms with Crippen LogP contribution in [0.25, 0.3) is 0 Å². The van der Waals surface area contributed by atoms with Crippen molar-refractivity contribution in [2.75, 3.05) is 20.2 Å². The van der Waals surface area contributed by atoms with E-state index in [1.807, 2.05) is 0 Å². The molecular formula is C17H22F3NO3. The number of aliphatic hydroxyl groups is 1. The molecule has 24 heavy (non-hydrogen) atoms. The Balaban J connectivity index is 1.78. The first kappa shape index (κ1) is 18.6. The molecule has 1 aliphatic rings. The first-order valence-electron chi connectivity index (χ1n) is 8.00. The van der Waals surface area contributed by atoms with E-state index in [-0.39, 0.29) is 30.7 Å². The molecule has 1 N–H and O–H groups in total. The lowest BCUT2D eigenvalue weighted by Crippen LogP contribution is -2.39. The number of benzene rings is 1. The van der Waals surface area contributed by atoms with E-state index in [0.29, 0.717) is 0 Å². The Morgan fingerprint density at radius 1 is 1.29 bits per heavy atom. The standard InChI is InChI=1S/C17H22F3NO3/c1-21(16(23)12-4-2-3-5-12)10-14(22)11-24-15-8-6-13(7-9-15)17(18,19)20/h6-9,12,14,22H,2-5,10-11H2,1H3. The van der Waals surface area contributed by atoms with Gasteiger partial charge < -0.3 is 14.7 Å². The van der Waals surface area contributed by atoms with Crippen LogP contribution in [0.15, 0.2) is 24.3 Å². The predicted molar refractivity (Wildman–Crippen MR) is 82.5 cm³/mol. The van der Waals surface area contributed by atoms with Crippen LogP contribution in [0.1, 0.15) is 31.2 Å². The minimum atomic E-state index is -4.39. The van der Waals surface area contributed by atoms with E-state index in [0.717, 1.165) is 37.8 Å². The molecule has 1 saturated carbocycles. The van der Waals surface area contributed by atoms with E-state index in [4.69, 9.17) is 4.74 Å². The Labute approximate surface area is 139 Å². The van der Waals surface area contributed by atoms with Crippen LogP contribution in [0.3, 0.4) is 0 Å². The van der Waals surface area contributed by atoms with Crippen molar-refractivity contribution in [2.24, 2.45) is 5.92 Å². The number of alkyl halides is 3. The van der Waals surface area contributed by atoms with Crippen LogP contribution >= 0.6 is 0 Å². The van der Waals surface area contributed by atoms with Gasteiger partial charge in [-0.2, -0.15) is 13.2 Å². The van der Waals surface area contributed by atoms with Gasteiger partial charge in [0.2, 0.25) is 5.91 Å². The smallest absolute Gasteiger partial charge is 0.416 e. The average molecular weight is 345 g/mol. The highest BCUT2D eigenvalue weighted by molar-refractivity contribution is 5.78. The van der Waals surface area contributed by atoms with E-state index < -0.39 is 17.8 Å². The minimum Gasteiger partial charge on any atom is -0.491 e. The van der Waals surface area contributed by atoms with Crippen molar-refractivity contribution in [1.82, 2.24) is 4.90 Å². The van der Waals surface area contributed by atoms with Gasteiger partial charge in [0, 0.05) is 19.5 Å². The number of rotatable bonds is 6. The summed E-state index contributed by atoms with van der Waals surface area (Å²) in [7, 11) is 1.64. The molecule has 0 saturated heterocycles. The summed E-state index contributed by atoms with van der Waals surface area (Å²) in [6.45, 7) is 0.0453. The van der Waals surface area contributed by atoms with Gasteiger partial charge in [-0.25, -0.2) is 0 Å². The van der Waals surface area contributed by atoms with Crippen molar-refractivity contribution in [3.05, 3.63) is 29.8 Å². The van der Waals surface area contributed by atoms with Crippen molar-refractivity contribution in [3.8, 4) is 5.75 Å². The van der Waals surface area contributed by atoms with Gasteiger partial charge in [-0.3, -0.25) is 4.79 Å². The zero-order valence-corrected chi connectivity index (χ0v) is 13.6. The van der Waals surface area contributed by atoms with Gasteiger partial charge in [0.25, 0.3) is 0 Å². The highest BCUT2D eigenvalue weighted by Crippen LogP contribution is 2.30. The van der Waals surface area contributed by atoms with Crippen LogP contribution in [0.2, 0.25) is 0 Å². The summed E-state index contributed by atoms with van der Waals surface area (Å²) in [5.41, 5.74) is -0.753. The highest BCUT2D eigenvalue weighted by Gasteiger charge is 2.30. The third kappa shape index (κ3) is 5.12. The summed E-state index contributed by atoms with van der Waals surface area (Å²) >= 11 is 0.